The van der Waals surface area contributed by atoms with Gasteiger partial charge in [0.2, 0.25) is 11.0 Å². The van der Waals surface area contributed by atoms with Crippen molar-refractivity contribution in [1.29, 1.82) is 0 Å². The van der Waals surface area contributed by atoms with E-state index in [4.69, 9.17) is 29.1 Å². The van der Waals surface area contributed by atoms with Crippen LogP contribution in [0, 0.1) is 0 Å². The van der Waals surface area contributed by atoms with Gasteiger partial charge in [0, 0.05) is 34.8 Å². The Labute approximate surface area is 148 Å². The van der Waals surface area contributed by atoms with Gasteiger partial charge in [0.15, 0.2) is 0 Å². The standard InChI is InChI=1S/C13H11N2S2.3ClH.Zn/c1-15(10-5-3-2-4-6-10)11-7-8-12-13(9-11)16-17-14-12;;;;/h2-9H,1H3;3*1H;/q+1;;;;+2/p-3. The molecule has 0 atom stereocenters. The fourth-order valence-electron chi connectivity index (χ4n) is 1.75. The van der Waals surface area contributed by atoms with Crippen molar-refractivity contribution < 1.29 is 13.0 Å². The molecule has 1 heterocycles. The zero-order chi connectivity index (χ0) is 15.2. The van der Waals surface area contributed by atoms with Crippen molar-refractivity contribution in [1.82, 2.24) is 8.95 Å². The van der Waals surface area contributed by atoms with Crippen molar-refractivity contribution in [3.8, 4) is 10.6 Å². The van der Waals surface area contributed by atoms with Crippen molar-refractivity contribution in [3.63, 3.8) is 0 Å². The molecular formula is C13H11Cl3N2S2Zn. The van der Waals surface area contributed by atoms with Gasteiger partial charge in [-0.05, 0) is 6.07 Å². The summed E-state index contributed by atoms with van der Waals surface area (Å²) >= 11 is -2.21. The molecule has 1 aromatic rings. The summed E-state index contributed by atoms with van der Waals surface area (Å²) in [5.41, 5.74) is 2.28. The fraction of sp³-hybridized carbons (Fsp3) is 0.0769. The predicted molar refractivity (Wildman–Crippen MR) is 91.5 cm³/mol. The molecule has 2 aliphatic rings. The number of rotatable bonds is 1. The number of nitrogens with zero attached hydrogens (tertiary/aromatic N) is 2. The summed E-state index contributed by atoms with van der Waals surface area (Å²) in [6.07, 6.45) is 0. The van der Waals surface area contributed by atoms with Gasteiger partial charge in [0.25, 0.3) is 0 Å². The second-order valence-corrected chi connectivity index (χ2v) is 19.9. The molecule has 1 aliphatic heterocycles. The van der Waals surface area contributed by atoms with Gasteiger partial charge in [-0.15, -0.1) is 0 Å². The maximum absolute atomic E-state index is 5.01. The molecule has 0 amide bonds. The fourth-order valence-corrected chi connectivity index (χ4v) is 3.53. The number of aromatic nitrogens is 1. The van der Waals surface area contributed by atoms with E-state index in [0.29, 0.717) is 0 Å². The Morgan fingerprint density at radius 2 is 1.71 bits per heavy atom. The van der Waals surface area contributed by atoms with E-state index < -0.39 is 13.0 Å². The number of halogens is 3. The van der Waals surface area contributed by atoms with Crippen LogP contribution in [0.4, 0.5) is 5.69 Å². The number of hydrogen-bond donors (Lipinski definition) is 0. The topological polar surface area (TPSA) is 15.9 Å². The monoisotopic (exact) mass is 428 g/mol. The Kier molecular flexibility index (Phi) is 7.07. The normalized spacial score (nSPS) is 11.6. The molecule has 2 nitrogen and oxygen atoms in total. The van der Waals surface area contributed by atoms with E-state index in [1.165, 1.54) is 15.9 Å². The summed E-state index contributed by atoms with van der Waals surface area (Å²) < 4.78 is 6.52. The minimum absolute atomic E-state index is 1.09. The van der Waals surface area contributed by atoms with E-state index in [9.17, 15) is 0 Å². The molecule has 21 heavy (non-hydrogen) atoms. The third-order valence-corrected chi connectivity index (χ3v) is 4.58. The predicted octanol–water partition coefficient (Wildman–Crippen LogP) is 5.11. The van der Waals surface area contributed by atoms with Crippen molar-refractivity contribution in [2.45, 2.75) is 0 Å². The van der Waals surface area contributed by atoms with E-state index in [1.54, 1.807) is 20.9 Å². The van der Waals surface area contributed by atoms with Crippen LogP contribution in [0.1, 0.15) is 0 Å². The van der Waals surface area contributed by atoms with E-state index >= 15 is 0 Å². The van der Waals surface area contributed by atoms with Crippen LogP contribution in [0.25, 0.3) is 10.6 Å². The van der Waals surface area contributed by atoms with Crippen LogP contribution in [0.15, 0.2) is 48.5 Å². The Balaban J connectivity index is 0.000000361. The van der Waals surface area contributed by atoms with Gasteiger partial charge >= 0.3 is 42.1 Å². The Morgan fingerprint density at radius 1 is 1.05 bits per heavy atom. The number of hydrogen-bond acceptors (Lipinski definition) is 3. The molecule has 0 saturated carbocycles. The van der Waals surface area contributed by atoms with E-state index in [1.807, 2.05) is 6.07 Å². The average Bonchev–Trinajstić information content (AvgIpc) is 2.94. The van der Waals surface area contributed by atoms with E-state index in [0.717, 1.165) is 5.69 Å². The van der Waals surface area contributed by atoms with Crippen LogP contribution < -0.4 is 9.93 Å². The second-order valence-electron chi connectivity index (χ2n) is 4.10. The van der Waals surface area contributed by atoms with Gasteiger partial charge in [0.1, 0.15) is 7.05 Å². The first-order valence-corrected chi connectivity index (χ1v) is 19.9. The molecule has 0 fully saturated rings. The molecule has 0 N–H and O–H groups in total. The van der Waals surface area contributed by atoms with E-state index in [-0.39, 0.29) is 0 Å². The molecule has 0 aromatic heterocycles. The van der Waals surface area contributed by atoms with Gasteiger partial charge in [-0.1, -0.05) is 28.5 Å². The molecule has 0 unspecified atom stereocenters. The summed E-state index contributed by atoms with van der Waals surface area (Å²) in [7, 11) is 20.4. The second kappa shape index (κ2) is 8.57. The quantitative estimate of drug-likeness (QED) is 0.297. The first-order valence-electron chi connectivity index (χ1n) is 6.12. The molecule has 1 aliphatic carbocycles. The number of benzene rings is 2. The molecule has 0 radical (unpaired) electrons. The molecule has 0 bridgehead atoms. The van der Waals surface area contributed by atoms with Gasteiger partial charge in [0.05, 0.1) is 10.6 Å². The minimum atomic E-state index is -2.21. The zero-order valence-corrected chi connectivity index (χ0v) is 18.0. The summed E-state index contributed by atoms with van der Waals surface area (Å²) in [5, 5.41) is 1.19. The Hall–Kier alpha value is -0.0266. The SMILES string of the molecule is C[N+](c1ccccc1)=c1ccc2nssc-2c1.[Cl][Zn-]([Cl])[Cl]. The van der Waals surface area contributed by atoms with Gasteiger partial charge < -0.3 is 0 Å². The van der Waals surface area contributed by atoms with Crippen molar-refractivity contribution >= 4 is 55.6 Å². The van der Waals surface area contributed by atoms with Crippen LogP contribution in [0.5, 0.6) is 0 Å². The summed E-state index contributed by atoms with van der Waals surface area (Å²) in [4.78, 5) is 1.25. The summed E-state index contributed by atoms with van der Waals surface area (Å²) in [6.45, 7) is 0. The first kappa shape index (κ1) is 17.3. The third kappa shape index (κ3) is 5.28. The van der Waals surface area contributed by atoms with E-state index in [2.05, 4.69) is 58.5 Å². The van der Waals surface area contributed by atoms with Crippen LogP contribution in [-0.2, 0) is 13.0 Å². The van der Waals surface area contributed by atoms with Gasteiger partial charge in [-0.2, -0.15) is 8.95 Å². The van der Waals surface area contributed by atoms with Crippen molar-refractivity contribution in [2.75, 3.05) is 7.05 Å². The van der Waals surface area contributed by atoms with Crippen LogP contribution in [0.2, 0.25) is 0 Å². The zero-order valence-electron chi connectivity index (χ0n) is 11.2. The van der Waals surface area contributed by atoms with Crippen LogP contribution in [-0.4, -0.2) is 11.4 Å². The molecular weight excluding hydrogens is 420 g/mol. The van der Waals surface area contributed by atoms with Gasteiger partial charge in [-0.25, -0.2) is 0 Å². The summed E-state index contributed by atoms with van der Waals surface area (Å²) in [6, 6.07) is 16.7. The molecule has 1 aromatic carbocycles. The first-order chi connectivity index (χ1) is 10.1. The van der Waals surface area contributed by atoms with Crippen molar-refractivity contribution in [2.24, 2.45) is 0 Å². The maximum atomic E-state index is 5.01. The van der Waals surface area contributed by atoms with Crippen LogP contribution in [0.3, 0.4) is 0 Å². The van der Waals surface area contributed by atoms with Crippen LogP contribution >= 0.6 is 49.9 Å². The molecule has 3 rings (SSSR count). The number of fused-ring (bicyclic) bond motifs is 1. The molecule has 108 valence electrons. The van der Waals surface area contributed by atoms with Gasteiger partial charge in [-0.3, -0.25) is 0 Å². The average molecular weight is 431 g/mol. The van der Waals surface area contributed by atoms with Crippen molar-refractivity contribution in [3.05, 3.63) is 53.9 Å². The Morgan fingerprint density at radius 3 is 2.38 bits per heavy atom. The molecule has 0 spiro atoms. The third-order valence-electron chi connectivity index (χ3n) is 2.74. The summed E-state index contributed by atoms with van der Waals surface area (Å²) in [5.74, 6) is 0. The number of para-hydroxylation sites is 1. The molecule has 8 heteroatoms. The molecule has 0 saturated heterocycles. The Bertz CT molecular complexity index is 725.